The van der Waals surface area contributed by atoms with Crippen LogP contribution in [-0.2, 0) is 0 Å². The van der Waals surface area contributed by atoms with Crippen molar-refractivity contribution in [2.24, 2.45) is 0 Å². The lowest BCUT2D eigenvalue weighted by molar-refractivity contribution is 0.198. The molecule has 1 unspecified atom stereocenters. The SMILES string of the molecule is C/C=S(/c1cc2c(-c3cc(F)c(OC)c(NSCC)c3)cnn2cc1OCCO)C(C)(C)C. The van der Waals surface area contributed by atoms with Crippen molar-refractivity contribution in [3.05, 3.63) is 36.4 Å². The summed E-state index contributed by atoms with van der Waals surface area (Å²) in [5.41, 5.74) is 2.94. The van der Waals surface area contributed by atoms with Crippen molar-refractivity contribution in [1.82, 2.24) is 9.61 Å². The van der Waals surface area contributed by atoms with Crippen LogP contribution in [0, 0.1) is 5.82 Å². The van der Waals surface area contributed by atoms with Crippen LogP contribution in [0.1, 0.15) is 34.6 Å². The molecule has 0 bridgehead atoms. The molecule has 0 radical (unpaired) electrons. The van der Waals surface area contributed by atoms with Crippen LogP contribution in [0.5, 0.6) is 11.5 Å². The molecule has 1 atom stereocenters. The smallest absolute Gasteiger partial charge is 0.178 e. The van der Waals surface area contributed by atoms with E-state index in [4.69, 9.17) is 9.47 Å². The zero-order valence-corrected chi connectivity index (χ0v) is 21.6. The fourth-order valence-electron chi connectivity index (χ4n) is 3.64. The number of hydrogen-bond acceptors (Lipinski definition) is 6. The van der Waals surface area contributed by atoms with E-state index in [1.54, 1.807) is 10.7 Å². The third-order valence-electron chi connectivity index (χ3n) is 4.95. The molecule has 0 amide bonds. The van der Waals surface area contributed by atoms with Gasteiger partial charge in [-0.1, -0.05) is 45.0 Å². The molecule has 9 heteroatoms. The Bertz CT molecular complexity index is 1160. The average molecular weight is 494 g/mol. The number of anilines is 1. The second-order valence-electron chi connectivity index (χ2n) is 8.22. The molecule has 0 fully saturated rings. The number of aliphatic hydroxyl groups is 1. The van der Waals surface area contributed by atoms with Crippen LogP contribution in [0.25, 0.3) is 16.6 Å². The topological polar surface area (TPSA) is 68.0 Å². The summed E-state index contributed by atoms with van der Waals surface area (Å²) in [4.78, 5) is 1.03. The Morgan fingerprint density at radius 3 is 2.67 bits per heavy atom. The summed E-state index contributed by atoms with van der Waals surface area (Å²) in [5, 5.41) is 16.0. The molecule has 1 aromatic carbocycles. The van der Waals surface area contributed by atoms with Crippen LogP contribution in [0.3, 0.4) is 0 Å². The first-order valence-corrected chi connectivity index (χ1v) is 13.1. The molecule has 3 rings (SSSR count). The van der Waals surface area contributed by atoms with Gasteiger partial charge in [-0.25, -0.2) is 8.91 Å². The Morgan fingerprint density at radius 2 is 2.06 bits per heavy atom. The Balaban J connectivity index is 2.22. The Kier molecular flexibility index (Phi) is 8.31. The number of halogens is 1. The first kappa shape index (κ1) is 25.4. The van der Waals surface area contributed by atoms with Gasteiger partial charge in [-0.3, -0.25) is 0 Å². The minimum atomic E-state index is -0.437. The van der Waals surface area contributed by atoms with Crippen molar-refractivity contribution >= 4 is 39.0 Å². The number of aromatic nitrogens is 2. The van der Waals surface area contributed by atoms with Crippen LogP contribution in [0.4, 0.5) is 10.1 Å². The van der Waals surface area contributed by atoms with Gasteiger partial charge >= 0.3 is 0 Å². The molecule has 0 aliphatic carbocycles. The lowest BCUT2D eigenvalue weighted by Gasteiger charge is -2.26. The molecule has 180 valence electrons. The average Bonchev–Trinajstić information content (AvgIpc) is 3.18. The molecule has 0 aliphatic rings. The molecule has 2 aromatic heterocycles. The second kappa shape index (κ2) is 10.8. The molecule has 0 spiro atoms. The molecule has 33 heavy (non-hydrogen) atoms. The number of rotatable bonds is 9. The van der Waals surface area contributed by atoms with E-state index < -0.39 is 5.82 Å². The van der Waals surface area contributed by atoms with Crippen molar-refractivity contribution in [2.75, 3.05) is 30.8 Å². The van der Waals surface area contributed by atoms with Crippen molar-refractivity contribution in [3.63, 3.8) is 0 Å². The zero-order chi connectivity index (χ0) is 24.2. The lowest BCUT2D eigenvalue weighted by atomic mass is 10.1. The van der Waals surface area contributed by atoms with Crippen molar-refractivity contribution in [3.8, 4) is 22.6 Å². The van der Waals surface area contributed by atoms with Crippen LogP contribution in [0.15, 0.2) is 35.5 Å². The number of fused-ring (bicyclic) bond motifs is 1. The van der Waals surface area contributed by atoms with Crippen molar-refractivity contribution < 1.29 is 19.0 Å². The van der Waals surface area contributed by atoms with Crippen LogP contribution >= 0.6 is 22.4 Å². The van der Waals surface area contributed by atoms with E-state index in [2.05, 4.69) is 42.0 Å². The van der Waals surface area contributed by atoms with E-state index in [0.29, 0.717) is 17.0 Å². The number of pyridine rings is 1. The number of aliphatic hydroxyl groups excluding tert-OH is 1. The van der Waals surface area contributed by atoms with Crippen LogP contribution in [0.2, 0.25) is 0 Å². The van der Waals surface area contributed by atoms with Gasteiger partial charge < -0.3 is 19.3 Å². The number of nitrogens with zero attached hydrogens (tertiary/aromatic N) is 2. The third-order valence-corrected chi connectivity index (χ3v) is 8.19. The summed E-state index contributed by atoms with van der Waals surface area (Å²) in [6.45, 7) is 10.8. The minimum Gasteiger partial charge on any atom is -0.492 e. The summed E-state index contributed by atoms with van der Waals surface area (Å²) in [5.74, 6) is 1.26. The fraction of sp³-hybridized carbons (Fsp3) is 0.417. The third kappa shape index (κ3) is 5.47. The van der Waals surface area contributed by atoms with Crippen LogP contribution in [-0.4, -0.2) is 50.9 Å². The van der Waals surface area contributed by atoms with Gasteiger partial charge in [-0.2, -0.15) is 5.10 Å². The maximum Gasteiger partial charge on any atom is 0.178 e. The lowest BCUT2D eigenvalue weighted by Crippen LogP contribution is -2.13. The highest BCUT2D eigenvalue weighted by Crippen LogP contribution is 2.46. The number of ether oxygens (including phenoxy) is 2. The molecule has 2 N–H and O–H groups in total. The highest BCUT2D eigenvalue weighted by atomic mass is 32.2. The Hall–Kier alpha value is -2.23. The van der Waals surface area contributed by atoms with Crippen LogP contribution < -0.4 is 14.2 Å². The van der Waals surface area contributed by atoms with Crippen molar-refractivity contribution in [1.29, 1.82) is 0 Å². The van der Waals surface area contributed by atoms with Gasteiger partial charge in [0.25, 0.3) is 0 Å². The normalized spacial score (nSPS) is 12.8. The molecule has 3 aromatic rings. The summed E-state index contributed by atoms with van der Waals surface area (Å²) >= 11 is 1.47. The largest absolute Gasteiger partial charge is 0.492 e. The van der Waals surface area contributed by atoms with Crippen molar-refractivity contribution in [2.45, 2.75) is 44.3 Å². The standard InChI is InChI=1S/C24H32FN3O3S2/c1-7-32-27-19-12-16(11-18(25)23(19)30-6)17-14-26-28-15-21(31-10-9-29)22(13-20(17)28)33(8-2)24(3,4)5/h8,11-15,27,29H,7,9-10H2,1-6H3. The van der Waals surface area contributed by atoms with E-state index in [9.17, 15) is 9.50 Å². The number of nitrogens with one attached hydrogen (secondary N) is 1. The summed E-state index contributed by atoms with van der Waals surface area (Å²) < 4.78 is 31.0. The van der Waals surface area contributed by atoms with Gasteiger partial charge in [0, 0.05) is 21.0 Å². The number of methoxy groups -OCH3 is 1. The molecule has 6 nitrogen and oxygen atoms in total. The summed E-state index contributed by atoms with van der Waals surface area (Å²) in [6.07, 6.45) is 3.57. The first-order valence-electron chi connectivity index (χ1n) is 10.8. The van der Waals surface area contributed by atoms with E-state index in [0.717, 1.165) is 21.7 Å². The number of benzene rings is 1. The van der Waals surface area contributed by atoms with Gasteiger partial charge in [0.15, 0.2) is 17.3 Å². The predicted molar refractivity (Wildman–Crippen MR) is 139 cm³/mol. The van der Waals surface area contributed by atoms with Gasteiger partial charge in [-0.15, -0.1) is 10.5 Å². The van der Waals surface area contributed by atoms with E-state index >= 15 is 0 Å². The Morgan fingerprint density at radius 1 is 1.30 bits per heavy atom. The molecule has 0 saturated heterocycles. The van der Waals surface area contributed by atoms with Gasteiger partial charge in [-0.05, 0) is 30.7 Å². The van der Waals surface area contributed by atoms with Gasteiger partial charge in [0.2, 0.25) is 0 Å². The second-order valence-corrected chi connectivity index (χ2v) is 12.1. The molecule has 0 aliphatic heterocycles. The van der Waals surface area contributed by atoms with E-state index in [1.165, 1.54) is 25.1 Å². The zero-order valence-electron chi connectivity index (χ0n) is 19.9. The maximum absolute atomic E-state index is 14.9. The minimum absolute atomic E-state index is 0.0225. The maximum atomic E-state index is 14.9. The number of hydrogen-bond donors (Lipinski definition) is 2. The molecule has 0 saturated carbocycles. The predicted octanol–water partition coefficient (Wildman–Crippen LogP) is 5.85. The highest BCUT2D eigenvalue weighted by molar-refractivity contribution is 8.16. The quantitative estimate of drug-likeness (QED) is 0.288. The van der Waals surface area contributed by atoms with E-state index in [1.807, 2.05) is 26.1 Å². The highest BCUT2D eigenvalue weighted by Gasteiger charge is 2.23. The summed E-state index contributed by atoms with van der Waals surface area (Å²) in [7, 11) is 1.23. The molecule has 2 heterocycles. The fourth-order valence-corrected chi connectivity index (χ4v) is 6.28. The monoisotopic (exact) mass is 493 g/mol. The van der Waals surface area contributed by atoms with E-state index in [-0.39, 0.29) is 34.2 Å². The van der Waals surface area contributed by atoms with Gasteiger partial charge in [0.1, 0.15) is 6.61 Å². The molecular weight excluding hydrogens is 461 g/mol. The summed E-state index contributed by atoms with van der Waals surface area (Å²) in [6, 6.07) is 5.43. The first-order chi connectivity index (χ1) is 15.7. The Labute approximate surface area is 201 Å². The molecular formula is C24H32FN3O3S2. The van der Waals surface area contributed by atoms with Gasteiger partial charge in [0.05, 0.1) is 37.3 Å².